The largest absolute Gasteiger partial charge is 0.491 e. The Labute approximate surface area is 132 Å². The summed E-state index contributed by atoms with van der Waals surface area (Å²) < 4.78 is 5.57. The lowest BCUT2D eigenvalue weighted by molar-refractivity contribution is -0.137. The maximum atomic E-state index is 11.8. The highest BCUT2D eigenvalue weighted by atomic mass is 16.5. The summed E-state index contributed by atoms with van der Waals surface area (Å²) >= 11 is 0. The predicted octanol–water partition coefficient (Wildman–Crippen LogP) is 1.51. The molecule has 1 rings (SSSR count). The van der Waals surface area contributed by atoms with Gasteiger partial charge in [-0.2, -0.15) is 0 Å². The maximum Gasteiger partial charge on any atom is 0.249 e. The van der Waals surface area contributed by atoms with E-state index in [0.717, 1.165) is 11.3 Å². The van der Waals surface area contributed by atoms with Crippen molar-refractivity contribution in [2.45, 2.75) is 46.3 Å². The van der Waals surface area contributed by atoms with Gasteiger partial charge in [-0.25, -0.2) is 0 Å². The molecule has 0 heterocycles. The van der Waals surface area contributed by atoms with Crippen LogP contribution in [0.25, 0.3) is 0 Å². The molecule has 0 bridgehead atoms. The van der Waals surface area contributed by atoms with Crippen LogP contribution in [-0.2, 0) is 11.2 Å². The molecule has 1 amide bonds. The molecule has 0 fully saturated rings. The van der Waals surface area contributed by atoms with Crippen LogP contribution in [0.4, 0.5) is 0 Å². The van der Waals surface area contributed by atoms with Crippen molar-refractivity contribution in [1.29, 1.82) is 0 Å². The molecule has 0 saturated carbocycles. The summed E-state index contributed by atoms with van der Waals surface area (Å²) in [5.74, 6) is 0.363. The molecule has 5 nitrogen and oxygen atoms in total. The Hall–Kier alpha value is -1.59. The molecule has 5 heteroatoms. The van der Waals surface area contributed by atoms with E-state index < -0.39 is 17.4 Å². The molecule has 0 saturated heterocycles. The van der Waals surface area contributed by atoms with Crippen LogP contribution in [0.15, 0.2) is 24.3 Å². The standard InChI is InChI=1S/C17H27NO4/c1-12(2)22-14-7-5-13(6-8-14)9-10-18-16(21)15(20)17(3,4)11-19/h5-8,12,15,19-20H,9-11H2,1-4H3,(H,18,21)/t15-/m0/s1. The van der Waals surface area contributed by atoms with Crippen molar-refractivity contribution in [1.82, 2.24) is 5.32 Å². The van der Waals surface area contributed by atoms with E-state index in [1.807, 2.05) is 38.1 Å². The monoisotopic (exact) mass is 309 g/mol. The number of nitrogens with one attached hydrogen (secondary N) is 1. The molecule has 0 aliphatic heterocycles. The van der Waals surface area contributed by atoms with Crippen LogP contribution >= 0.6 is 0 Å². The van der Waals surface area contributed by atoms with Crippen molar-refractivity contribution in [3.8, 4) is 5.75 Å². The van der Waals surface area contributed by atoms with Gasteiger partial charge in [-0.3, -0.25) is 4.79 Å². The summed E-state index contributed by atoms with van der Waals surface area (Å²) in [5.41, 5.74) is 0.229. The van der Waals surface area contributed by atoms with Crippen molar-refractivity contribution >= 4 is 5.91 Å². The number of hydrogen-bond acceptors (Lipinski definition) is 4. The minimum atomic E-state index is -1.22. The lowest BCUT2D eigenvalue weighted by atomic mass is 9.87. The molecular formula is C17H27NO4. The molecule has 1 aromatic carbocycles. The number of aliphatic hydroxyl groups excluding tert-OH is 2. The minimum absolute atomic E-state index is 0.140. The Morgan fingerprint density at radius 3 is 2.36 bits per heavy atom. The van der Waals surface area contributed by atoms with Crippen molar-refractivity contribution in [2.24, 2.45) is 5.41 Å². The Balaban J connectivity index is 2.42. The number of carbonyl (C=O) groups excluding carboxylic acids is 1. The summed E-state index contributed by atoms with van der Waals surface area (Å²) in [6, 6.07) is 7.72. The number of benzene rings is 1. The fourth-order valence-corrected chi connectivity index (χ4v) is 1.87. The van der Waals surface area contributed by atoms with Crippen LogP contribution in [0.5, 0.6) is 5.75 Å². The highest BCUT2D eigenvalue weighted by Gasteiger charge is 2.32. The van der Waals surface area contributed by atoms with Crippen LogP contribution in [0.3, 0.4) is 0 Å². The van der Waals surface area contributed by atoms with Crippen LogP contribution in [0, 0.1) is 5.41 Å². The van der Waals surface area contributed by atoms with Crippen molar-refractivity contribution in [2.75, 3.05) is 13.2 Å². The van der Waals surface area contributed by atoms with Gasteiger partial charge in [-0.15, -0.1) is 0 Å². The second-order valence-electron chi connectivity index (χ2n) is 6.40. The summed E-state index contributed by atoms with van der Waals surface area (Å²) in [5, 5.41) is 21.7. The first-order valence-electron chi connectivity index (χ1n) is 7.58. The third kappa shape index (κ3) is 5.66. The Kier molecular flexibility index (Phi) is 6.84. The highest BCUT2D eigenvalue weighted by molar-refractivity contribution is 5.81. The van der Waals surface area contributed by atoms with Gasteiger partial charge in [0, 0.05) is 12.0 Å². The van der Waals surface area contributed by atoms with E-state index >= 15 is 0 Å². The van der Waals surface area contributed by atoms with Crippen molar-refractivity contribution in [3.05, 3.63) is 29.8 Å². The molecule has 0 unspecified atom stereocenters. The Morgan fingerprint density at radius 1 is 1.27 bits per heavy atom. The fourth-order valence-electron chi connectivity index (χ4n) is 1.87. The first-order chi connectivity index (χ1) is 10.3. The summed E-state index contributed by atoms with van der Waals surface area (Å²) in [6.07, 6.45) is -0.416. The predicted molar refractivity (Wildman–Crippen MR) is 85.8 cm³/mol. The van der Waals surface area contributed by atoms with Gasteiger partial charge in [0.05, 0.1) is 12.7 Å². The summed E-state index contributed by atoms with van der Waals surface area (Å²) in [7, 11) is 0. The van der Waals surface area contributed by atoms with Crippen molar-refractivity contribution in [3.63, 3.8) is 0 Å². The molecule has 0 aliphatic carbocycles. The Morgan fingerprint density at radius 2 is 1.86 bits per heavy atom. The van der Waals surface area contributed by atoms with E-state index in [1.54, 1.807) is 13.8 Å². The number of aliphatic hydroxyl groups is 2. The summed E-state index contributed by atoms with van der Waals surface area (Å²) in [4.78, 5) is 11.8. The second kappa shape index (κ2) is 8.15. The topological polar surface area (TPSA) is 78.8 Å². The van der Waals surface area contributed by atoms with Crippen LogP contribution < -0.4 is 10.1 Å². The zero-order chi connectivity index (χ0) is 16.8. The molecule has 1 atom stereocenters. The molecule has 124 valence electrons. The third-order valence-corrected chi connectivity index (χ3v) is 3.40. The van der Waals surface area contributed by atoms with Gasteiger partial charge in [0.25, 0.3) is 0 Å². The molecule has 1 aromatic rings. The lowest BCUT2D eigenvalue weighted by Crippen LogP contribution is -2.46. The van der Waals surface area contributed by atoms with E-state index in [2.05, 4.69) is 5.32 Å². The van der Waals surface area contributed by atoms with Crippen molar-refractivity contribution < 1.29 is 19.7 Å². The van der Waals surface area contributed by atoms with E-state index in [1.165, 1.54) is 0 Å². The van der Waals surface area contributed by atoms with Gasteiger partial charge in [-0.1, -0.05) is 26.0 Å². The zero-order valence-electron chi connectivity index (χ0n) is 13.8. The Bertz CT molecular complexity index is 468. The first kappa shape index (κ1) is 18.5. The van der Waals surface area contributed by atoms with Gasteiger partial charge in [0.1, 0.15) is 11.9 Å². The molecule has 3 N–H and O–H groups in total. The zero-order valence-corrected chi connectivity index (χ0v) is 13.8. The molecule has 0 aliphatic rings. The first-order valence-corrected chi connectivity index (χ1v) is 7.58. The van der Waals surface area contributed by atoms with Gasteiger partial charge < -0.3 is 20.3 Å². The molecule has 0 radical (unpaired) electrons. The minimum Gasteiger partial charge on any atom is -0.491 e. The van der Waals surface area contributed by atoms with Gasteiger partial charge in [0.15, 0.2) is 0 Å². The molecule has 0 spiro atoms. The molecule has 22 heavy (non-hydrogen) atoms. The van der Waals surface area contributed by atoms with Crippen LogP contribution in [0.1, 0.15) is 33.3 Å². The van der Waals surface area contributed by atoms with Gasteiger partial charge in [0.2, 0.25) is 5.91 Å². The van der Waals surface area contributed by atoms with E-state index in [9.17, 15) is 9.90 Å². The van der Waals surface area contributed by atoms with E-state index in [4.69, 9.17) is 9.84 Å². The molecule has 0 aromatic heterocycles. The SMILES string of the molecule is CC(C)Oc1ccc(CCNC(=O)[C@H](O)C(C)(C)CO)cc1. The average Bonchev–Trinajstić information content (AvgIpc) is 2.47. The molecular weight excluding hydrogens is 282 g/mol. The summed E-state index contributed by atoms with van der Waals surface area (Å²) in [6.45, 7) is 7.42. The van der Waals surface area contributed by atoms with Crippen LogP contribution in [-0.4, -0.2) is 41.5 Å². The average molecular weight is 309 g/mol. The number of ether oxygens (including phenoxy) is 1. The van der Waals surface area contributed by atoms with Gasteiger partial charge >= 0.3 is 0 Å². The number of hydrogen-bond donors (Lipinski definition) is 3. The quantitative estimate of drug-likeness (QED) is 0.680. The van der Waals surface area contributed by atoms with E-state index in [0.29, 0.717) is 13.0 Å². The second-order valence-corrected chi connectivity index (χ2v) is 6.40. The lowest BCUT2D eigenvalue weighted by Gasteiger charge is -2.27. The maximum absolute atomic E-state index is 11.8. The van der Waals surface area contributed by atoms with Gasteiger partial charge in [-0.05, 0) is 38.0 Å². The number of amides is 1. The van der Waals surface area contributed by atoms with Crippen LogP contribution in [0.2, 0.25) is 0 Å². The normalized spacial score (nSPS) is 13.0. The fraction of sp³-hybridized carbons (Fsp3) is 0.588. The third-order valence-electron chi connectivity index (χ3n) is 3.40. The number of carbonyl (C=O) groups is 1. The van der Waals surface area contributed by atoms with E-state index in [-0.39, 0.29) is 12.7 Å². The number of rotatable bonds is 8. The smallest absolute Gasteiger partial charge is 0.249 e. The highest BCUT2D eigenvalue weighted by Crippen LogP contribution is 2.19.